The van der Waals surface area contributed by atoms with Crippen LogP contribution in [0.5, 0.6) is 0 Å². The number of nitrogens with two attached hydrogens (primary N) is 1. The second-order valence-electron chi connectivity index (χ2n) is 7.66. The highest BCUT2D eigenvalue weighted by Gasteiger charge is 2.39. The Bertz CT molecular complexity index is 849. The monoisotopic (exact) mass is 336 g/mol. The summed E-state index contributed by atoms with van der Waals surface area (Å²) in [6.07, 6.45) is 5.82. The number of likely N-dealkylation sites (tertiary alicyclic amines) is 1. The summed E-state index contributed by atoms with van der Waals surface area (Å²) in [5.41, 5.74) is 9.42. The van der Waals surface area contributed by atoms with E-state index >= 15 is 0 Å². The lowest BCUT2D eigenvalue weighted by Gasteiger charge is -2.45. The summed E-state index contributed by atoms with van der Waals surface area (Å²) in [6.45, 7) is 1.02. The van der Waals surface area contributed by atoms with E-state index in [0.717, 1.165) is 25.8 Å². The third-order valence-electron chi connectivity index (χ3n) is 6.18. The normalized spacial score (nSPS) is 26.8. The number of likely N-dealkylation sites (N-methyl/N-ethyl adjacent to an activating group) is 1. The quantitative estimate of drug-likeness (QED) is 0.899. The third kappa shape index (κ3) is 2.71. The average molecular weight is 336 g/mol. The van der Waals surface area contributed by atoms with Crippen molar-refractivity contribution in [1.82, 2.24) is 9.88 Å². The number of aromatic amines is 1. The van der Waals surface area contributed by atoms with Crippen LogP contribution in [0, 0.1) is 23.2 Å². The highest BCUT2D eigenvalue weighted by Crippen LogP contribution is 2.45. The van der Waals surface area contributed by atoms with Crippen LogP contribution in [0.4, 0.5) is 0 Å². The van der Waals surface area contributed by atoms with Crippen LogP contribution < -0.4 is 5.73 Å². The summed E-state index contributed by atoms with van der Waals surface area (Å²) in [6, 6.07) is 9.14. The molecule has 1 saturated heterocycles. The van der Waals surface area contributed by atoms with E-state index in [1.165, 1.54) is 22.0 Å². The Balaban J connectivity index is 1.57. The van der Waals surface area contributed by atoms with Gasteiger partial charge in [-0.05, 0) is 55.8 Å². The molecule has 0 radical (unpaired) electrons. The number of carbonyl (C=O) groups excluding carboxylic acids is 1. The van der Waals surface area contributed by atoms with Crippen LogP contribution in [0.15, 0.2) is 24.4 Å². The second kappa shape index (κ2) is 6.20. The lowest BCUT2D eigenvalue weighted by Crippen LogP contribution is -2.47. The van der Waals surface area contributed by atoms with Crippen LogP contribution in [-0.2, 0) is 11.2 Å². The largest absolute Gasteiger partial charge is 0.369 e. The van der Waals surface area contributed by atoms with Gasteiger partial charge in [-0.1, -0.05) is 12.1 Å². The maximum absolute atomic E-state index is 11.3. The molecule has 1 unspecified atom stereocenters. The van der Waals surface area contributed by atoms with Gasteiger partial charge in [0.2, 0.25) is 5.91 Å². The molecule has 0 saturated carbocycles. The minimum atomic E-state index is -0.658. The standard InChI is InChI=1S/C20H24N4O/c1-24-11-12(5-6-13(9-21)20(22)25)7-16-15-3-2-4-17-19(15)14(10-23-17)8-18(16)24/h2-4,10,12-13,16,18,23H,5-8,11H2,1H3,(H2,22,25)/t12-,13?,16-,18-/m1/s1. The molecule has 4 rings (SSSR count). The predicted octanol–water partition coefficient (Wildman–Crippen LogP) is 2.53. The van der Waals surface area contributed by atoms with E-state index in [2.05, 4.69) is 41.3 Å². The highest BCUT2D eigenvalue weighted by atomic mass is 16.1. The Morgan fingerprint density at radius 2 is 2.36 bits per heavy atom. The minimum Gasteiger partial charge on any atom is -0.369 e. The molecule has 1 aromatic heterocycles. The van der Waals surface area contributed by atoms with Crippen molar-refractivity contribution in [2.24, 2.45) is 17.6 Å². The number of nitrogens with one attached hydrogen (secondary N) is 1. The number of hydrogen-bond acceptors (Lipinski definition) is 3. The molecule has 25 heavy (non-hydrogen) atoms. The molecule has 1 fully saturated rings. The Morgan fingerprint density at radius 3 is 3.12 bits per heavy atom. The topological polar surface area (TPSA) is 85.9 Å². The molecule has 5 nitrogen and oxygen atoms in total. The van der Waals surface area contributed by atoms with Gasteiger partial charge in [-0.2, -0.15) is 5.26 Å². The first kappa shape index (κ1) is 16.2. The fourth-order valence-electron chi connectivity index (χ4n) is 4.94. The number of amides is 1. The van der Waals surface area contributed by atoms with Crippen molar-refractivity contribution in [1.29, 1.82) is 5.26 Å². The Hall–Kier alpha value is -2.32. The number of piperidine rings is 1. The van der Waals surface area contributed by atoms with Crippen LogP contribution in [0.25, 0.3) is 10.9 Å². The fourth-order valence-corrected chi connectivity index (χ4v) is 4.94. The summed E-state index contributed by atoms with van der Waals surface area (Å²) in [5, 5.41) is 10.5. The zero-order valence-corrected chi connectivity index (χ0v) is 14.5. The molecule has 5 heteroatoms. The number of nitrogens with zero attached hydrogens (tertiary/aromatic N) is 2. The van der Waals surface area contributed by atoms with Gasteiger partial charge >= 0.3 is 0 Å². The lowest BCUT2D eigenvalue weighted by molar-refractivity contribution is -0.120. The van der Waals surface area contributed by atoms with Crippen LogP contribution in [0.2, 0.25) is 0 Å². The number of primary amides is 1. The second-order valence-corrected chi connectivity index (χ2v) is 7.66. The van der Waals surface area contributed by atoms with E-state index in [1.54, 1.807) is 0 Å². The van der Waals surface area contributed by atoms with Gasteiger partial charge in [0.15, 0.2) is 0 Å². The summed E-state index contributed by atoms with van der Waals surface area (Å²) in [7, 11) is 2.21. The van der Waals surface area contributed by atoms with Crippen LogP contribution in [-0.4, -0.2) is 35.4 Å². The number of hydrogen-bond donors (Lipinski definition) is 2. The molecule has 2 heterocycles. The first-order valence-electron chi connectivity index (χ1n) is 9.06. The van der Waals surface area contributed by atoms with E-state index in [1.807, 2.05) is 6.07 Å². The molecule has 1 aliphatic carbocycles. The highest BCUT2D eigenvalue weighted by molar-refractivity contribution is 5.88. The number of nitriles is 1. The molecule has 130 valence electrons. The molecule has 0 bridgehead atoms. The number of carbonyl (C=O) groups is 1. The van der Waals surface area contributed by atoms with E-state index in [0.29, 0.717) is 24.3 Å². The first-order valence-corrected chi connectivity index (χ1v) is 9.06. The Kier molecular flexibility index (Phi) is 4.01. The first-order chi connectivity index (χ1) is 12.1. The smallest absolute Gasteiger partial charge is 0.234 e. The molecule has 1 aliphatic heterocycles. The van der Waals surface area contributed by atoms with Gasteiger partial charge in [-0.3, -0.25) is 4.79 Å². The van der Waals surface area contributed by atoms with Crippen LogP contribution in [0.1, 0.15) is 36.3 Å². The molecule has 0 spiro atoms. The zero-order chi connectivity index (χ0) is 17.6. The van der Waals surface area contributed by atoms with Crippen LogP contribution >= 0.6 is 0 Å². The van der Waals surface area contributed by atoms with E-state index in [-0.39, 0.29) is 0 Å². The molecule has 1 amide bonds. The van der Waals surface area contributed by atoms with Gasteiger partial charge in [0.1, 0.15) is 5.92 Å². The summed E-state index contributed by atoms with van der Waals surface area (Å²) in [5.74, 6) is -0.139. The molecule has 2 aliphatic rings. The van der Waals surface area contributed by atoms with E-state index in [9.17, 15) is 4.79 Å². The summed E-state index contributed by atoms with van der Waals surface area (Å²) < 4.78 is 0. The average Bonchev–Trinajstić information content (AvgIpc) is 3.01. The van der Waals surface area contributed by atoms with Gasteiger partial charge in [0.25, 0.3) is 0 Å². The number of benzene rings is 1. The van der Waals surface area contributed by atoms with Crippen molar-refractivity contribution in [3.63, 3.8) is 0 Å². The predicted molar refractivity (Wildman–Crippen MR) is 96.8 cm³/mol. The van der Waals surface area contributed by atoms with Crippen LogP contribution in [0.3, 0.4) is 0 Å². The van der Waals surface area contributed by atoms with E-state index in [4.69, 9.17) is 11.0 Å². The zero-order valence-electron chi connectivity index (χ0n) is 14.5. The number of H-pyrrole nitrogens is 1. The number of aromatic nitrogens is 1. The molecule has 2 aromatic rings. The molecule has 1 aromatic carbocycles. The molecular formula is C20H24N4O. The van der Waals surface area contributed by atoms with Crippen molar-refractivity contribution in [3.8, 4) is 6.07 Å². The van der Waals surface area contributed by atoms with Gasteiger partial charge in [-0.25, -0.2) is 0 Å². The van der Waals surface area contributed by atoms with Crippen molar-refractivity contribution >= 4 is 16.8 Å². The number of fused-ring (bicyclic) bond motifs is 2. The molecule has 4 atom stereocenters. The van der Waals surface area contributed by atoms with Crippen molar-refractivity contribution < 1.29 is 4.79 Å². The third-order valence-corrected chi connectivity index (χ3v) is 6.18. The van der Waals surface area contributed by atoms with Crippen molar-refractivity contribution in [2.75, 3.05) is 13.6 Å². The maximum Gasteiger partial charge on any atom is 0.234 e. The number of rotatable bonds is 4. The SMILES string of the molecule is CN1C[C@H](CCC(C#N)C(N)=O)C[C@@H]2c3cccc4[nH]cc(c34)C[C@H]21. The van der Waals surface area contributed by atoms with Crippen molar-refractivity contribution in [2.45, 2.75) is 37.6 Å². The van der Waals surface area contributed by atoms with Crippen molar-refractivity contribution in [3.05, 3.63) is 35.5 Å². The molecule has 3 N–H and O–H groups in total. The summed E-state index contributed by atoms with van der Waals surface area (Å²) in [4.78, 5) is 17.2. The van der Waals surface area contributed by atoms with Gasteiger partial charge < -0.3 is 15.6 Å². The lowest BCUT2D eigenvalue weighted by atomic mass is 9.71. The Morgan fingerprint density at radius 1 is 1.52 bits per heavy atom. The van der Waals surface area contributed by atoms with Gasteiger partial charge in [-0.15, -0.1) is 0 Å². The van der Waals surface area contributed by atoms with Gasteiger partial charge in [0.05, 0.1) is 6.07 Å². The fraction of sp³-hybridized carbons (Fsp3) is 0.500. The maximum atomic E-state index is 11.3. The van der Waals surface area contributed by atoms with E-state index < -0.39 is 11.8 Å². The Labute approximate surface area is 147 Å². The minimum absolute atomic E-state index is 0.496. The summed E-state index contributed by atoms with van der Waals surface area (Å²) >= 11 is 0. The molecular weight excluding hydrogens is 312 g/mol. The van der Waals surface area contributed by atoms with Gasteiger partial charge in [0, 0.05) is 35.6 Å².